The Bertz CT molecular complexity index is 1010. The van der Waals surface area contributed by atoms with Gasteiger partial charge >= 0.3 is 5.97 Å². The van der Waals surface area contributed by atoms with Crippen LogP contribution in [-0.2, 0) is 14.3 Å². The molecule has 0 aliphatic heterocycles. The monoisotopic (exact) mass is 916 g/mol. The van der Waals surface area contributed by atoms with Crippen molar-refractivity contribution in [3.63, 3.8) is 0 Å². The molecule has 0 aliphatic carbocycles. The predicted octanol–water partition coefficient (Wildman–Crippen LogP) is 17.9. The molecule has 0 fully saturated rings. The van der Waals surface area contributed by atoms with Crippen molar-refractivity contribution >= 4 is 11.9 Å². The van der Waals surface area contributed by atoms with Gasteiger partial charge in [-0.2, -0.15) is 0 Å². The molecule has 0 bridgehead atoms. The molecule has 384 valence electrons. The molecule has 0 aromatic heterocycles. The molecule has 0 saturated heterocycles. The maximum Gasteiger partial charge on any atom is 0.305 e. The highest BCUT2D eigenvalue weighted by atomic mass is 16.5. The number of rotatable bonds is 54. The van der Waals surface area contributed by atoms with Gasteiger partial charge in [-0.05, 0) is 57.8 Å². The van der Waals surface area contributed by atoms with E-state index < -0.39 is 12.1 Å². The van der Waals surface area contributed by atoms with Crippen LogP contribution >= 0.6 is 0 Å². The van der Waals surface area contributed by atoms with Crippen molar-refractivity contribution in [3.8, 4) is 0 Å². The second-order valence-electron chi connectivity index (χ2n) is 20.0. The number of nitrogens with one attached hydrogen (secondary N) is 1. The molecule has 0 saturated carbocycles. The van der Waals surface area contributed by atoms with Crippen LogP contribution in [0.5, 0.6) is 0 Å². The van der Waals surface area contributed by atoms with Crippen molar-refractivity contribution < 1.29 is 24.5 Å². The summed E-state index contributed by atoms with van der Waals surface area (Å²) in [7, 11) is 0. The average molecular weight is 917 g/mol. The summed E-state index contributed by atoms with van der Waals surface area (Å²) in [5.74, 6) is -0.0288. The fourth-order valence-corrected chi connectivity index (χ4v) is 9.02. The van der Waals surface area contributed by atoms with Crippen molar-refractivity contribution in [1.29, 1.82) is 0 Å². The summed E-state index contributed by atoms with van der Waals surface area (Å²) in [6.45, 7) is 4.93. The minimum atomic E-state index is -0.663. The summed E-state index contributed by atoms with van der Waals surface area (Å²) in [4.78, 5) is 24.4. The number of allylic oxidation sites excluding steroid dienone is 4. The van der Waals surface area contributed by atoms with E-state index in [0.717, 1.165) is 44.9 Å². The first-order valence-electron chi connectivity index (χ1n) is 29.1. The van der Waals surface area contributed by atoms with E-state index in [1.807, 2.05) is 0 Å². The molecular formula is C59H113NO5. The average Bonchev–Trinajstić information content (AvgIpc) is 3.31. The molecule has 2 atom stereocenters. The normalized spacial score (nSPS) is 12.7. The Balaban J connectivity index is 3.39. The highest BCUT2D eigenvalue weighted by molar-refractivity contribution is 5.76. The first-order chi connectivity index (χ1) is 32.0. The third-order valence-corrected chi connectivity index (χ3v) is 13.5. The molecule has 2 unspecified atom stereocenters. The van der Waals surface area contributed by atoms with Gasteiger partial charge in [0.25, 0.3) is 0 Å². The summed E-state index contributed by atoms with van der Waals surface area (Å²) >= 11 is 0. The maximum absolute atomic E-state index is 12.4. The van der Waals surface area contributed by atoms with Gasteiger partial charge in [-0.15, -0.1) is 0 Å². The van der Waals surface area contributed by atoms with E-state index in [2.05, 4.69) is 43.5 Å². The van der Waals surface area contributed by atoms with Crippen molar-refractivity contribution in [3.05, 3.63) is 24.3 Å². The predicted molar refractivity (Wildman–Crippen MR) is 283 cm³/mol. The lowest BCUT2D eigenvalue weighted by atomic mass is 10.0. The zero-order chi connectivity index (χ0) is 47.2. The lowest BCUT2D eigenvalue weighted by Crippen LogP contribution is -2.45. The second kappa shape index (κ2) is 54.9. The number of hydrogen-bond acceptors (Lipinski definition) is 5. The van der Waals surface area contributed by atoms with Crippen LogP contribution in [0.15, 0.2) is 24.3 Å². The number of hydrogen-bond donors (Lipinski definition) is 3. The number of aliphatic hydroxyl groups is 2. The Labute approximate surface area is 405 Å². The number of carbonyl (C=O) groups excluding carboxylic acids is 2. The lowest BCUT2D eigenvalue weighted by Gasteiger charge is -2.22. The van der Waals surface area contributed by atoms with Crippen LogP contribution in [0, 0.1) is 0 Å². The molecule has 0 radical (unpaired) electrons. The standard InChI is InChI=1S/C59H113NO5/c1-3-5-7-9-11-13-14-33-37-41-45-49-53-59(64)65-54-50-46-42-38-34-31-29-27-25-23-21-19-17-15-16-18-20-22-24-26-28-30-32-36-40-44-48-52-58(63)60-56(55-61)57(62)51-47-43-39-35-12-10-8-6-4-2/h15-16,19,21,56-57,61-62H,3-14,17-18,20,22-55H2,1-2H3,(H,60,63)/b16-15-,21-19-. The van der Waals surface area contributed by atoms with Gasteiger partial charge in [-0.3, -0.25) is 9.59 Å². The first-order valence-corrected chi connectivity index (χ1v) is 29.1. The molecule has 1 amide bonds. The van der Waals surface area contributed by atoms with Crippen LogP contribution in [0.1, 0.15) is 316 Å². The number of amides is 1. The van der Waals surface area contributed by atoms with Gasteiger partial charge in [0, 0.05) is 12.8 Å². The van der Waals surface area contributed by atoms with E-state index in [-0.39, 0.29) is 18.5 Å². The topological polar surface area (TPSA) is 95.9 Å². The van der Waals surface area contributed by atoms with Crippen LogP contribution in [0.4, 0.5) is 0 Å². The smallest absolute Gasteiger partial charge is 0.305 e. The number of ether oxygens (including phenoxy) is 1. The van der Waals surface area contributed by atoms with E-state index in [0.29, 0.717) is 25.9 Å². The van der Waals surface area contributed by atoms with Crippen molar-refractivity contribution in [2.75, 3.05) is 13.2 Å². The fourth-order valence-electron chi connectivity index (χ4n) is 9.02. The van der Waals surface area contributed by atoms with Crippen LogP contribution < -0.4 is 5.32 Å². The Hall–Kier alpha value is -1.66. The Morgan fingerprint density at radius 1 is 0.431 bits per heavy atom. The molecular weight excluding hydrogens is 803 g/mol. The molecule has 0 spiro atoms. The zero-order valence-electron chi connectivity index (χ0n) is 43.7. The molecule has 65 heavy (non-hydrogen) atoms. The Kier molecular flexibility index (Phi) is 53.5. The fraction of sp³-hybridized carbons (Fsp3) is 0.898. The molecule has 0 aromatic rings. The lowest BCUT2D eigenvalue weighted by molar-refractivity contribution is -0.143. The zero-order valence-corrected chi connectivity index (χ0v) is 43.7. The minimum absolute atomic E-state index is 0.0112. The molecule has 6 nitrogen and oxygen atoms in total. The minimum Gasteiger partial charge on any atom is -0.466 e. The molecule has 3 N–H and O–H groups in total. The van der Waals surface area contributed by atoms with Crippen LogP contribution in [0.25, 0.3) is 0 Å². The molecule has 0 aliphatic rings. The number of unbranched alkanes of at least 4 members (excludes halogenated alkanes) is 39. The third kappa shape index (κ3) is 51.6. The highest BCUT2D eigenvalue weighted by Gasteiger charge is 2.20. The summed E-state index contributed by atoms with van der Waals surface area (Å²) in [6, 6.07) is -0.541. The van der Waals surface area contributed by atoms with E-state index in [1.165, 1.54) is 238 Å². The SMILES string of the molecule is CCCCCCCCCCCCCCC(=O)OCCCCCCCCCCC/C=C\C/C=C\CCCCCCCCCCCCCC(=O)NC(CO)C(O)CCCCCCCCCCC. The van der Waals surface area contributed by atoms with E-state index >= 15 is 0 Å². The van der Waals surface area contributed by atoms with Gasteiger partial charge in [0.05, 0.1) is 25.4 Å². The highest BCUT2D eigenvalue weighted by Crippen LogP contribution is 2.17. The second-order valence-corrected chi connectivity index (χ2v) is 20.0. The number of aliphatic hydroxyl groups excluding tert-OH is 2. The van der Waals surface area contributed by atoms with Gasteiger partial charge in [-0.1, -0.05) is 269 Å². The molecule has 0 aromatic carbocycles. The van der Waals surface area contributed by atoms with Crippen molar-refractivity contribution in [2.45, 2.75) is 328 Å². The van der Waals surface area contributed by atoms with Gasteiger partial charge in [0.1, 0.15) is 0 Å². The van der Waals surface area contributed by atoms with E-state index in [9.17, 15) is 19.8 Å². The third-order valence-electron chi connectivity index (χ3n) is 13.5. The van der Waals surface area contributed by atoms with Crippen LogP contribution in [-0.4, -0.2) is 47.4 Å². The number of esters is 1. The quantitative estimate of drug-likeness (QED) is 0.0321. The summed E-state index contributed by atoms with van der Waals surface area (Å²) < 4.78 is 5.47. The summed E-state index contributed by atoms with van der Waals surface area (Å²) in [6.07, 6.45) is 66.2. The molecule has 0 heterocycles. The summed E-state index contributed by atoms with van der Waals surface area (Å²) in [5.41, 5.74) is 0. The number of carbonyl (C=O) groups is 2. The van der Waals surface area contributed by atoms with Gasteiger partial charge < -0.3 is 20.3 Å². The largest absolute Gasteiger partial charge is 0.466 e. The van der Waals surface area contributed by atoms with Gasteiger partial charge in [0.2, 0.25) is 5.91 Å². The van der Waals surface area contributed by atoms with Gasteiger partial charge in [-0.25, -0.2) is 0 Å². The summed E-state index contributed by atoms with van der Waals surface area (Å²) in [5, 5.41) is 23.1. The van der Waals surface area contributed by atoms with E-state index in [1.54, 1.807) is 0 Å². The van der Waals surface area contributed by atoms with Crippen molar-refractivity contribution in [2.24, 2.45) is 0 Å². The maximum atomic E-state index is 12.4. The molecule has 6 heteroatoms. The Morgan fingerprint density at radius 3 is 1.17 bits per heavy atom. The van der Waals surface area contributed by atoms with E-state index in [4.69, 9.17) is 4.74 Å². The van der Waals surface area contributed by atoms with Crippen molar-refractivity contribution in [1.82, 2.24) is 5.32 Å². The van der Waals surface area contributed by atoms with Crippen LogP contribution in [0.3, 0.4) is 0 Å². The molecule has 0 rings (SSSR count). The Morgan fingerprint density at radius 2 is 0.769 bits per heavy atom. The first kappa shape index (κ1) is 63.3. The van der Waals surface area contributed by atoms with Gasteiger partial charge in [0.15, 0.2) is 0 Å². The van der Waals surface area contributed by atoms with Crippen LogP contribution in [0.2, 0.25) is 0 Å².